The molecular weight excluding hydrogens is 556 g/mol. The standard InChI is InChI=1S/C37H58O7/c1-8-17-38-30(33-24(5)28-12-10-22(3)26-14-16-35(7)20-32(40-33)37(26,28)44-42-35)18-29-23(4)27-11-9-21(2)25-13-15-34(6)19-31(39-29)36(25,27)43-41-34/h8,21-33H,1,9-20H2,2-7H3/t21-,22-,23-,24-,25+,26+,27+,28+,29-,30+,31-,32-,33?,34+,35+,36-,37-/m1/s1. The lowest BCUT2D eigenvalue weighted by molar-refractivity contribution is -0.491. The van der Waals surface area contributed by atoms with Gasteiger partial charge in [-0.15, -0.1) is 6.58 Å². The van der Waals surface area contributed by atoms with Crippen LogP contribution in [0.2, 0.25) is 0 Å². The molecule has 10 rings (SSSR count). The Balaban J connectivity index is 1.10. The van der Waals surface area contributed by atoms with Gasteiger partial charge in [-0.2, -0.15) is 0 Å². The maximum absolute atomic E-state index is 7.31. The highest BCUT2D eigenvalue weighted by Gasteiger charge is 2.70. The minimum absolute atomic E-state index is 0.0224. The molecule has 10 aliphatic rings. The first kappa shape index (κ1) is 30.8. The van der Waals surface area contributed by atoms with Gasteiger partial charge in [0.25, 0.3) is 0 Å². The maximum atomic E-state index is 7.31. The van der Waals surface area contributed by atoms with E-state index in [1.807, 2.05) is 6.08 Å². The van der Waals surface area contributed by atoms with E-state index >= 15 is 0 Å². The van der Waals surface area contributed by atoms with Crippen molar-refractivity contribution in [2.24, 2.45) is 47.3 Å². The highest BCUT2D eigenvalue weighted by atomic mass is 17.2. The Morgan fingerprint density at radius 1 is 0.705 bits per heavy atom. The molecule has 44 heavy (non-hydrogen) atoms. The Hall–Kier alpha value is -0.540. The molecule has 0 aromatic heterocycles. The monoisotopic (exact) mass is 614 g/mol. The van der Waals surface area contributed by atoms with Crippen LogP contribution < -0.4 is 0 Å². The molecule has 0 N–H and O–H groups in total. The summed E-state index contributed by atoms with van der Waals surface area (Å²) in [6.07, 6.45) is 13.8. The Bertz CT molecular complexity index is 1120. The average molecular weight is 615 g/mol. The molecule has 6 aliphatic heterocycles. The first-order valence-corrected chi connectivity index (χ1v) is 18.3. The van der Waals surface area contributed by atoms with Gasteiger partial charge in [0.05, 0.1) is 37.1 Å². The van der Waals surface area contributed by atoms with Crippen LogP contribution in [-0.4, -0.2) is 59.5 Å². The molecule has 0 aromatic rings. The summed E-state index contributed by atoms with van der Waals surface area (Å²) in [7, 11) is 0. The van der Waals surface area contributed by atoms with Gasteiger partial charge in [0, 0.05) is 19.3 Å². The Kier molecular flexibility index (Phi) is 7.51. The van der Waals surface area contributed by atoms with Crippen molar-refractivity contribution in [3.05, 3.63) is 12.7 Å². The number of hydrogen-bond donors (Lipinski definition) is 0. The van der Waals surface area contributed by atoms with Gasteiger partial charge in [-0.25, -0.2) is 19.6 Å². The smallest absolute Gasteiger partial charge is 0.136 e. The van der Waals surface area contributed by atoms with Crippen molar-refractivity contribution in [1.82, 2.24) is 0 Å². The average Bonchev–Trinajstić information content (AvgIpc) is 3.37. The molecule has 0 aromatic carbocycles. The third kappa shape index (κ3) is 4.31. The van der Waals surface area contributed by atoms with Crippen LogP contribution in [0.5, 0.6) is 0 Å². The van der Waals surface area contributed by atoms with Crippen LogP contribution in [-0.2, 0) is 33.8 Å². The predicted octanol–water partition coefficient (Wildman–Crippen LogP) is 7.37. The van der Waals surface area contributed by atoms with Crippen LogP contribution in [0.3, 0.4) is 0 Å². The fourth-order valence-corrected chi connectivity index (χ4v) is 12.4. The summed E-state index contributed by atoms with van der Waals surface area (Å²) < 4.78 is 21.3. The molecule has 4 aliphatic carbocycles. The fourth-order valence-electron chi connectivity index (χ4n) is 12.4. The summed E-state index contributed by atoms with van der Waals surface area (Å²) in [6, 6.07) is 0. The van der Waals surface area contributed by atoms with Crippen molar-refractivity contribution in [2.45, 2.75) is 165 Å². The summed E-state index contributed by atoms with van der Waals surface area (Å²) >= 11 is 0. The van der Waals surface area contributed by atoms with E-state index in [-0.39, 0.29) is 58.8 Å². The molecule has 7 heteroatoms. The van der Waals surface area contributed by atoms with E-state index in [0.717, 1.165) is 44.9 Å². The molecule has 10 fully saturated rings. The van der Waals surface area contributed by atoms with Crippen LogP contribution in [0.15, 0.2) is 12.7 Å². The van der Waals surface area contributed by atoms with Gasteiger partial charge in [-0.3, -0.25) is 0 Å². The van der Waals surface area contributed by atoms with E-state index in [4.69, 9.17) is 33.8 Å². The molecule has 2 spiro atoms. The molecule has 0 amide bonds. The Morgan fingerprint density at radius 2 is 1.25 bits per heavy atom. The van der Waals surface area contributed by atoms with E-state index in [1.54, 1.807) is 0 Å². The van der Waals surface area contributed by atoms with E-state index < -0.39 is 0 Å². The summed E-state index contributed by atoms with van der Waals surface area (Å²) in [6.45, 7) is 18.6. The third-order valence-corrected chi connectivity index (χ3v) is 14.8. The molecule has 17 atom stereocenters. The van der Waals surface area contributed by atoms with Crippen molar-refractivity contribution in [3.63, 3.8) is 0 Å². The topological polar surface area (TPSA) is 64.6 Å². The van der Waals surface area contributed by atoms with E-state index in [1.165, 1.54) is 25.7 Å². The molecule has 4 bridgehead atoms. The molecule has 7 nitrogen and oxygen atoms in total. The van der Waals surface area contributed by atoms with E-state index in [9.17, 15) is 0 Å². The summed E-state index contributed by atoms with van der Waals surface area (Å²) in [4.78, 5) is 25.7. The number of rotatable bonds is 6. The van der Waals surface area contributed by atoms with Gasteiger partial charge in [-0.1, -0.05) is 33.8 Å². The minimum atomic E-state index is -0.353. The van der Waals surface area contributed by atoms with Gasteiger partial charge in [0.2, 0.25) is 0 Å². The largest absolute Gasteiger partial charge is 0.371 e. The Labute approximate surface area is 265 Å². The van der Waals surface area contributed by atoms with Crippen LogP contribution in [0.4, 0.5) is 0 Å². The normalized spacial score (nSPS) is 58.3. The van der Waals surface area contributed by atoms with E-state index in [2.05, 4.69) is 48.1 Å². The van der Waals surface area contributed by atoms with Gasteiger partial charge >= 0.3 is 0 Å². The zero-order chi connectivity index (χ0) is 30.6. The van der Waals surface area contributed by atoms with Crippen LogP contribution in [0.25, 0.3) is 0 Å². The fraction of sp³-hybridized carbons (Fsp3) is 0.946. The zero-order valence-corrected chi connectivity index (χ0v) is 28.1. The van der Waals surface area contributed by atoms with Crippen molar-refractivity contribution in [3.8, 4) is 0 Å². The number of hydrogen-bond acceptors (Lipinski definition) is 7. The lowest BCUT2D eigenvalue weighted by Crippen LogP contribution is -2.71. The highest BCUT2D eigenvalue weighted by Crippen LogP contribution is 2.64. The first-order chi connectivity index (χ1) is 21.0. The van der Waals surface area contributed by atoms with Crippen LogP contribution in [0.1, 0.15) is 112 Å². The summed E-state index contributed by atoms with van der Waals surface area (Å²) in [5, 5.41) is 0. The third-order valence-electron chi connectivity index (χ3n) is 14.8. The first-order valence-electron chi connectivity index (χ1n) is 18.3. The van der Waals surface area contributed by atoms with Crippen molar-refractivity contribution >= 4 is 0 Å². The predicted molar refractivity (Wildman–Crippen MR) is 165 cm³/mol. The number of fused-ring (bicyclic) bond motifs is 4. The molecule has 1 unspecified atom stereocenters. The SMILES string of the molecule is C=CCO[C@@H](C[C@H]1O[C@@H]2C[C@]3(C)CC[C@H]4[C@H](C)CC[C@@H]([C@H]1C)[C@@]24OO3)C1O[C@@H]2C[C@]3(C)CC[C@H]4[C@H](C)CC[C@@H]([C@H]1C)[C@@]24OO3. The van der Waals surface area contributed by atoms with Gasteiger partial charge in [0.1, 0.15) is 22.4 Å². The summed E-state index contributed by atoms with van der Waals surface area (Å²) in [5.74, 6) is 3.65. The minimum Gasteiger partial charge on any atom is -0.371 e. The molecule has 4 saturated carbocycles. The highest BCUT2D eigenvalue weighted by molar-refractivity contribution is 5.16. The molecule has 6 heterocycles. The Morgan fingerprint density at radius 3 is 1.82 bits per heavy atom. The second kappa shape index (κ2) is 10.7. The molecular formula is C37H58O7. The van der Waals surface area contributed by atoms with Crippen molar-refractivity contribution in [1.29, 1.82) is 0 Å². The number of ether oxygens (including phenoxy) is 3. The quantitative estimate of drug-likeness (QED) is 0.229. The lowest BCUT2D eigenvalue weighted by atomic mass is 9.55. The molecule has 0 radical (unpaired) electrons. The van der Waals surface area contributed by atoms with Crippen molar-refractivity contribution < 1.29 is 33.8 Å². The molecule has 6 saturated heterocycles. The second-order valence-corrected chi connectivity index (χ2v) is 17.3. The lowest BCUT2D eigenvalue weighted by Gasteiger charge is -2.63. The van der Waals surface area contributed by atoms with Crippen LogP contribution >= 0.6 is 0 Å². The van der Waals surface area contributed by atoms with Crippen molar-refractivity contribution in [2.75, 3.05) is 6.61 Å². The van der Waals surface area contributed by atoms with Crippen LogP contribution in [0, 0.1) is 47.3 Å². The molecule has 248 valence electrons. The van der Waals surface area contributed by atoms with E-state index in [0.29, 0.717) is 48.0 Å². The zero-order valence-electron chi connectivity index (χ0n) is 28.1. The summed E-state index contributed by atoms with van der Waals surface area (Å²) in [5.41, 5.74) is -1.25. The van der Waals surface area contributed by atoms with Gasteiger partial charge in [0.15, 0.2) is 0 Å². The maximum Gasteiger partial charge on any atom is 0.136 e. The second-order valence-electron chi connectivity index (χ2n) is 17.3. The van der Waals surface area contributed by atoms with Gasteiger partial charge in [-0.05, 0) is 113 Å². The van der Waals surface area contributed by atoms with Gasteiger partial charge < -0.3 is 14.2 Å².